The van der Waals surface area contributed by atoms with Gasteiger partial charge in [0.05, 0.1) is 6.61 Å². The van der Waals surface area contributed by atoms with Crippen LogP contribution in [0.3, 0.4) is 0 Å². The van der Waals surface area contributed by atoms with Crippen molar-refractivity contribution in [1.29, 1.82) is 0 Å². The van der Waals surface area contributed by atoms with Crippen LogP contribution in [-0.4, -0.2) is 6.61 Å². The van der Waals surface area contributed by atoms with Gasteiger partial charge >= 0.3 is 0 Å². The lowest BCUT2D eigenvalue weighted by atomic mass is 10.1. The lowest BCUT2D eigenvalue weighted by Crippen LogP contribution is -2.08. The van der Waals surface area contributed by atoms with Gasteiger partial charge < -0.3 is 10.1 Å². The zero-order valence-corrected chi connectivity index (χ0v) is 12.1. The minimum absolute atomic E-state index is 0.103. The van der Waals surface area contributed by atoms with Gasteiger partial charge in [0.1, 0.15) is 11.6 Å². The highest BCUT2D eigenvalue weighted by Gasteiger charge is 2.09. The number of hydrogen-bond acceptors (Lipinski definition) is 2. The smallest absolute Gasteiger partial charge is 0.128 e. The Morgan fingerprint density at radius 2 is 1.85 bits per heavy atom. The third-order valence-electron chi connectivity index (χ3n) is 3.33. The molecule has 0 heterocycles. The van der Waals surface area contributed by atoms with Crippen LogP contribution in [-0.2, 0) is 0 Å². The third kappa shape index (κ3) is 3.29. The Balaban J connectivity index is 2.11. The molecule has 106 valence electrons. The number of rotatable bonds is 5. The molecule has 3 heteroatoms. The molecule has 0 aliphatic rings. The van der Waals surface area contributed by atoms with Crippen LogP contribution >= 0.6 is 0 Å². The Morgan fingerprint density at radius 1 is 1.15 bits per heavy atom. The number of anilines is 1. The van der Waals surface area contributed by atoms with Crippen molar-refractivity contribution in [3.8, 4) is 5.75 Å². The Kier molecular flexibility index (Phi) is 4.61. The Morgan fingerprint density at radius 3 is 2.50 bits per heavy atom. The normalized spacial score (nSPS) is 12.0. The average Bonchev–Trinajstić information content (AvgIpc) is 2.45. The fourth-order valence-corrected chi connectivity index (χ4v) is 2.10. The number of ether oxygens (including phenoxy) is 1. The molecule has 0 bridgehead atoms. The highest BCUT2D eigenvalue weighted by atomic mass is 19.1. The maximum atomic E-state index is 13.5. The molecule has 0 aliphatic carbocycles. The van der Waals surface area contributed by atoms with E-state index in [0.717, 1.165) is 17.0 Å². The first kappa shape index (κ1) is 14.4. The summed E-state index contributed by atoms with van der Waals surface area (Å²) in [5, 5.41) is 3.34. The molecular weight excluding hydrogens is 253 g/mol. The van der Waals surface area contributed by atoms with Gasteiger partial charge in [0, 0.05) is 17.3 Å². The van der Waals surface area contributed by atoms with E-state index in [2.05, 4.69) is 12.2 Å². The predicted molar refractivity (Wildman–Crippen MR) is 80.8 cm³/mol. The van der Waals surface area contributed by atoms with Gasteiger partial charge in [-0.15, -0.1) is 0 Å². The molecule has 0 fully saturated rings. The first-order valence-electron chi connectivity index (χ1n) is 6.86. The van der Waals surface area contributed by atoms with Crippen molar-refractivity contribution in [2.45, 2.75) is 26.8 Å². The third-order valence-corrected chi connectivity index (χ3v) is 3.33. The number of halogens is 1. The molecule has 2 nitrogen and oxygen atoms in total. The summed E-state index contributed by atoms with van der Waals surface area (Å²) in [7, 11) is 0. The Labute approximate surface area is 119 Å². The molecule has 0 saturated carbocycles. The lowest BCUT2D eigenvalue weighted by Gasteiger charge is -2.18. The van der Waals surface area contributed by atoms with Gasteiger partial charge in [-0.1, -0.05) is 18.2 Å². The van der Waals surface area contributed by atoms with Crippen LogP contribution in [0.25, 0.3) is 0 Å². The van der Waals surface area contributed by atoms with Crippen molar-refractivity contribution in [2.75, 3.05) is 11.9 Å². The van der Waals surface area contributed by atoms with E-state index >= 15 is 0 Å². The molecule has 2 rings (SSSR count). The molecule has 1 unspecified atom stereocenters. The van der Waals surface area contributed by atoms with E-state index in [1.807, 2.05) is 37.3 Å². The van der Waals surface area contributed by atoms with E-state index in [1.165, 1.54) is 6.07 Å². The van der Waals surface area contributed by atoms with Crippen LogP contribution in [0.1, 0.15) is 31.0 Å². The molecule has 0 radical (unpaired) electrons. The maximum Gasteiger partial charge on any atom is 0.128 e. The Bertz CT molecular complexity index is 566. The summed E-state index contributed by atoms with van der Waals surface area (Å²) in [6.45, 7) is 6.46. The minimum Gasteiger partial charge on any atom is -0.494 e. The van der Waals surface area contributed by atoms with Gasteiger partial charge in [0.2, 0.25) is 0 Å². The zero-order valence-electron chi connectivity index (χ0n) is 12.1. The molecular formula is C17H20FNO. The molecule has 0 amide bonds. The van der Waals surface area contributed by atoms with Crippen molar-refractivity contribution >= 4 is 5.69 Å². The molecule has 2 aromatic rings. The van der Waals surface area contributed by atoms with E-state index in [0.29, 0.717) is 12.2 Å². The van der Waals surface area contributed by atoms with Crippen LogP contribution in [0.2, 0.25) is 0 Å². The quantitative estimate of drug-likeness (QED) is 0.852. The number of hydrogen-bond donors (Lipinski definition) is 1. The molecule has 1 N–H and O–H groups in total. The van der Waals surface area contributed by atoms with Gasteiger partial charge in [-0.3, -0.25) is 0 Å². The van der Waals surface area contributed by atoms with Crippen molar-refractivity contribution in [3.05, 3.63) is 59.4 Å². The molecule has 0 aromatic heterocycles. The molecule has 1 atom stereocenters. The second kappa shape index (κ2) is 6.42. The fraction of sp³-hybridized carbons (Fsp3) is 0.294. The Hall–Kier alpha value is -2.03. The number of benzene rings is 2. The van der Waals surface area contributed by atoms with Gasteiger partial charge in [0.15, 0.2) is 0 Å². The van der Waals surface area contributed by atoms with Crippen LogP contribution in [0.5, 0.6) is 5.75 Å². The SMILES string of the molecule is CCOc1ccc(C(C)Nc2cccc(F)c2C)cc1. The molecule has 0 aliphatic heterocycles. The van der Waals surface area contributed by atoms with Crippen molar-refractivity contribution in [3.63, 3.8) is 0 Å². The highest BCUT2D eigenvalue weighted by molar-refractivity contribution is 5.52. The topological polar surface area (TPSA) is 21.3 Å². The van der Waals surface area contributed by atoms with Gasteiger partial charge in [-0.05, 0) is 50.6 Å². The summed E-state index contributed by atoms with van der Waals surface area (Å²) in [4.78, 5) is 0. The lowest BCUT2D eigenvalue weighted by molar-refractivity contribution is 0.340. The zero-order chi connectivity index (χ0) is 14.5. The van der Waals surface area contributed by atoms with Gasteiger partial charge in [0.25, 0.3) is 0 Å². The second-order valence-electron chi connectivity index (χ2n) is 4.78. The van der Waals surface area contributed by atoms with E-state index in [1.54, 1.807) is 13.0 Å². The second-order valence-corrected chi connectivity index (χ2v) is 4.78. The van der Waals surface area contributed by atoms with Crippen molar-refractivity contribution < 1.29 is 9.13 Å². The molecule has 0 spiro atoms. The first-order chi connectivity index (χ1) is 9.61. The van der Waals surface area contributed by atoms with Crippen LogP contribution in [0.15, 0.2) is 42.5 Å². The van der Waals surface area contributed by atoms with Crippen LogP contribution < -0.4 is 10.1 Å². The van der Waals surface area contributed by atoms with Gasteiger partial charge in [-0.25, -0.2) is 4.39 Å². The molecule has 0 saturated heterocycles. The summed E-state index contributed by atoms with van der Waals surface area (Å²) in [6.07, 6.45) is 0. The largest absolute Gasteiger partial charge is 0.494 e. The summed E-state index contributed by atoms with van der Waals surface area (Å²) in [6, 6.07) is 13.1. The summed E-state index contributed by atoms with van der Waals surface area (Å²) in [5.74, 6) is 0.680. The van der Waals surface area contributed by atoms with Crippen LogP contribution in [0.4, 0.5) is 10.1 Å². The molecule has 2 aromatic carbocycles. The van der Waals surface area contributed by atoms with E-state index in [9.17, 15) is 4.39 Å². The van der Waals surface area contributed by atoms with Crippen LogP contribution in [0, 0.1) is 12.7 Å². The highest BCUT2D eigenvalue weighted by Crippen LogP contribution is 2.24. The maximum absolute atomic E-state index is 13.5. The fourth-order valence-electron chi connectivity index (χ4n) is 2.10. The van der Waals surface area contributed by atoms with Crippen molar-refractivity contribution in [1.82, 2.24) is 0 Å². The predicted octanol–water partition coefficient (Wildman–Crippen LogP) is 4.71. The van der Waals surface area contributed by atoms with Gasteiger partial charge in [-0.2, -0.15) is 0 Å². The summed E-state index contributed by atoms with van der Waals surface area (Å²) < 4.78 is 18.9. The van der Waals surface area contributed by atoms with E-state index in [4.69, 9.17) is 4.74 Å². The van der Waals surface area contributed by atoms with E-state index in [-0.39, 0.29) is 11.9 Å². The first-order valence-corrected chi connectivity index (χ1v) is 6.86. The van der Waals surface area contributed by atoms with E-state index < -0.39 is 0 Å². The summed E-state index contributed by atoms with van der Waals surface area (Å²) >= 11 is 0. The monoisotopic (exact) mass is 273 g/mol. The average molecular weight is 273 g/mol. The minimum atomic E-state index is -0.186. The molecule has 20 heavy (non-hydrogen) atoms. The number of nitrogens with one attached hydrogen (secondary N) is 1. The van der Waals surface area contributed by atoms with Crippen molar-refractivity contribution in [2.24, 2.45) is 0 Å². The standard InChI is InChI=1S/C17H20FNO/c1-4-20-15-10-8-14(9-11-15)13(3)19-17-7-5-6-16(18)12(17)2/h5-11,13,19H,4H2,1-3H3. The summed E-state index contributed by atoms with van der Waals surface area (Å²) in [5.41, 5.74) is 2.61.